The maximum absolute atomic E-state index is 9.32. The molecule has 12 aromatic rings. The Morgan fingerprint density at radius 1 is 0.595 bits per heavy atom. The van der Waals surface area contributed by atoms with Crippen LogP contribution in [-0.4, -0.2) is 20.5 Å². The van der Waals surface area contributed by atoms with E-state index in [9.17, 15) is 2.74 Å². The number of fused-ring (bicyclic) bond motifs is 11. The molecule has 9 aromatic carbocycles. The molecule has 6 heteroatoms. The summed E-state index contributed by atoms with van der Waals surface area (Å²) in [7, 11) is 0. The zero-order valence-corrected chi connectivity index (χ0v) is 47.5. The van der Waals surface area contributed by atoms with Gasteiger partial charge in [-0.25, -0.2) is 4.98 Å². The number of nitrogens with zero attached hydrogens (tertiary/aromatic N) is 4. The minimum atomic E-state index is -0.580. The molecule has 0 saturated carbocycles. The molecule has 0 atom stereocenters. The molecule has 0 bridgehead atoms. The van der Waals surface area contributed by atoms with E-state index in [1.807, 2.05) is 92.0 Å². The van der Waals surface area contributed by atoms with E-state index in [0.29, 0.717) is 44.1 Å². The van der Waals surface area contributed by atoms with Gasteiger partial charge in [-0.05, 0) is 131 Å². The third-order valence-corrected chi connectivity index (χ3v) is 15.8. The minimum Gasteiger partial charge on any atom is -0.510 e. The number of aryl methyl sites for hydroxylation is 1. The number of hydrogen-bond donors (Lipinski definition) is 0. The second-order valence-corrected chi connectivity index (χ2v) is 22.8. The Labute approximate surface area is 491 Å². The molecule has 392 valence electrons. The summed E-state index contributed by atoms with van der Waals surface area (Å²) < 4.78 is 99.0. The van der Waals surface area contributed by atoms with Gasteiger partial charge < -0.3 is 18.9 Å². The summed E-state index contributed by atoms with van der Waals surface area (Å²) in [6.45, 7) is 17.8. The van der Waals surface area contributed by atoms with Crippen LogP contribution in [0.3, 0.4) is 0 Å². The summed E-state index contributed by atoms with van der Waals surface area (Å²) in [4.78, 5) is 9.64. The van der Waals surface area contributed by atoms with Crippen LogP contribution in [0.5, 0.6) is 11.5 Å². The fourth-order valence-corrected chi connectivity index (χ4v) is 11.6. The van der Waals surface area contributed by atoms with Gasteiger partial charge in [0, 0.05) is 50.6 Å². The van der Waals surface area contributed by atoms with Crippen molar-refractivity contribution in [3.05, 3.63) is 234 Å². The summed E-state index contributed by atoms with van der Waals surface area (Å²) in [5.74, 6) is 1.32. The van der Waals surface area contributed by atoms with Crippen LogP contribution in [0.25, 0.3) is 93.2 Å². The fourth-order valence-electron chi connectivity index (χ4n) is 11.6. The Kier molecular flexibility index (Phi) is 10.4. The summed E-state index contributed by atoms with van der Waals surface area (Å²) >= 11 is 0. The van der Waals surface area contributed by atoms with Gasteiger partial charge in [0.25, 0.3) is 0 Å². The van der Waals surface area contributed by atoms with Crippen LogP contribution >= 0.6 is 0 Å². The van der Waals surface area contributed by atoms with Gasteiger partial charge in [-0.1, -0.05) is 216 Å². The SMILES string of the molecule is [2H]c1c([2H])c([2H])c(N=[C-]n2c3[c-]c(Oc4[c-]c5c(cc4)c4cc(-c6ccc7c(c6)C(C)(C)CCC7(C)C)ccc4n5-c4cc(C(C)(C)C)ccn4)ccc3c3ccccc3c3ccccc3c3c(-c4c([2H])c([2H])c([2H])c([2H])c4[2H])ccc(C)c32)c([2H])c1[2H].[Pt]. The van der Waals surface area contributed by atoms with Gasteiger partial charge >= 0.3 is 0 Å². The van der Waals surface area contributed by atoms with Crippen LogP contribution in [-0.2, 0) is 37.3 Å². The number of rotatable bonds is 7. The average Bonchev–Trinajstić information content (AvgIpc) is 1.80. The predicted molar refractivity (Wildman–Crippen MR) is 327 cm³/mol. The first-order valence-corrected chi connectivity index (χ1v) is 26.4. The summed E-state index contributed by atoms with van der Waals surface area (Å²) in [5.41, 5.74) is 8.97. The molecular formula is C73H61N4OPt-3. The predicted octanol–water partition coefficient (Wildman–Crippen LogP) is 19.5. The molecule has 0 amide bonds. The Hall–Kier alpha value is -8.11. The van der Waals surface area contributed by atoms with Crippen molar-refractivity contribution in [1.82, 2.24) is 14.1 Å². The molecule has 13 rings (SSSR count). The molecular weight excluding hydrogens is 1140 g/mol. The Bertz CT molecular complexity index is 5040. The largest absolute Gasteiger partial charge is 0.510 e. The quantitative estimate of drug-likeness (QED) is 0.0907. The van der Waals surface area contributed by atoms with E-state index in [1.54, 1.807) is 16.7 Å². The van der Waals surface area contributed by atoms with Crippen molar-refractivity contribution in [3.63, 3.8) is 0 Å². The van der Waals surface area contributed by atoms with Crippen LogP contribution < -0.4 is 4.74 Å². The number of aliphatic imine (C=N–C) groups is 1. The topological polar surface area (TPSA) is 44.3 Å². The molecule has 0 spiro atoms. The fraction of sp³-hybridized carbons (Fsp3) is 0.178. The standard InChI is InChI=1S/C73H61N4O.Pt/c1-47-27-32-55(48-19-11-9-12-20-48)69-61-26-18-17-25-58(61)56-23-15-16-24-57(56)59-33-30-53(44-66(59)76(70(47)69)46-75-52-21-13-10-14-22-52)78-54-31-34-60-62-41-49(50-28-35-63-64(42-50)73(7,8)39-38-72(63,5)6)29-36-65(62)77(67(60)45-54)68-43-51(37-40-74-68)71(2,3)4;/h9-37,40-43H,38-39H2,1-8H3;/q-3;/i9D,10D,11D,12D,13D,14D,19D,20D,21D,22D;. The second kappa shape index (κ2) is 20.0. The maximum Gasteiger partial charge on any atom is 0.135 e. The van der Waals surface area contributed by atoms with Crippen molar-refractivity contribution in [1.29, 1.82) is 0 Å². The number of pyridine rings is 1. The molecule has 3 heterocycles. The van der Waals surface area contributed by atoms with Gasteiger partial charge in [0.1, 0.15) is 5.82 Å². The van der Waals surface area contributed by atoms with Crippen LogP contribution in [0.4, 0.5) is 5.69 Å². The molecule has 0 fully saturated rings. The molecule has 0 saturated heterocycles. The Morgan fingerprint density at radius 3 is 1.89 bits per heavy atom. The van der Waals surface area contributed by atoms with Crippen molar-refractivity contribution in [2.24, 2.45) is 4.99 Å². The van der Waals surface area contributed by atoms with Gasteiger partial charge in [-0.2, -0.15) is 18.2 Å². The van der Waals surface area contributed by atoms with Crippen LogP contribution in [0.1, 0.15) is 97.3 Å². The number of ether oxygens (including phenoxy) is 1. The molecule has 0 N–H and O–H groups in total. The van der Waals surface area contributed by atoms with E-state index < -0.39 is 60.4 Å². The van der Waals surface area contributed by atoms with Gasteiger partial charge in [-0.15, -0.1) is 34.5 Å². The van der Waals surface area contributed by atoms with Gasteiger partial charge in [0.2, 0.25) is 0 Å². The van der Waals surface area contributed by atoms with Gasteiger partial charge in [0.15, 0.2) is 0 Å². The molecule has 5 nitrogen and oxygen atoms in total. The van der Waals surface area contributed by atoms with E-state index >= 15 is 0 Å². The second-order valence-electron chi connectivity index (χ2n) is 22.8. The molecule has 0 unspecified atom stereocenters. The third-order valence-electron chi connectivity index (χ3n) is 15.8. The first kappa shape index (κ1) is 41.0. The smallest absolute Gasteiger partial charge is 0.135 e. The minimum absolute atomic E-state index is 0. The van der Waals surface area contributed by atoms with E-state index in [1.165, 1.54) is 11.1 Å². The van der Waals surface area contributed by atoms with Crippen LogP contribution in [0.15, 0.2) is 205 Å². The van der Waals surface area contributed by atoms with Crippen molar-refractivity contribution < 1.29 is 39.5 Å². The van der Waals surface area contributed by atoms with Crippen molar-refractivity contribution in [3.8, 4) is 39.6 Å². The van der Waals surface area contributed by atoms with Crippen LogP contribution in [0, 0.1) is 19.1 Å². The molecule has 0 aliphatic heterocycles. The summed E-state index contributed by atoms with van der Waals surface area (Å²) in [5, 5.41) is 5.96. The number of hydrogen-bond acceptors (Lipinski definition) is 3. The summed E-state index contributed by atoms with van der Waals surface area (Å²) in [6.07, 6.45) is 7.23. The summed E-state index contributed by atoms with van der Waals surface area (Å²) in [6, 6.07) is 46.5. The zero-order valence-electron chi connectivity index (χ0n) is 55.2. The van der Waals surface area contributed by atoms with Crippen LogP contribution in [0.2, 0.25) is 0 Å². The van der Waals surface area contributed by atoms with E-state index in [-0.39, 0.29) is 54.3 Å². The van der Waals surface area contributed by atoms with Gasteiger partial charge in [-0.3, -0.25) is 0 Å². The third kappa shape index (κ3) is 9.22. The normalized spacial score (nSPS) is 15.8. The molecule has 1 aliphatic carbocycles. The van der Waals surface area contributed by atoms with E-state index in [0.717, 1.165) is 73.3 Å². The molecule has 1 aliphatic rings. The Balaban J connectivity index is 0.00000769. The molecule has 0 radical (unpaired) electrons. The van der Waals surface area contributed by atoms with Gasteiger partial charge in [0.05, 0.1) is 13.7 Å². The maximum atomic E-state index is 9.32. The monoisotopic (exact) mass is 1210 g/mol. The van der Waals surface area contributed by atoms with Crippen molar-refractivity contribution in [2.75, 3.05) is 0 Å². The van der Waals surface area contributed by atoms with E-state index in [4.69, 9.17) is 20.7 Å². The zero-order chi connectivity index (χ0) is 62.2. The van der Waals surface area contributed by atoms with Crippen molar-refractivity contribution in [2.45, 2.75) is 84.5 Å². The van der Waals surface area contributed by atoms with E-state index in [2.05, 4.69) is 119 Å². The first-order chi connectivity index (χ1) is 41.8. The number of aromatic nitrogens is 3. The average molecular weight is 1220 g/mol. The molecule has 79 heavy (non-hydrogen) atoms. The number of benzene rings is 9. The van der Waals surface area contributed by atoms with Crippen molar-refractivity contribution >= 4 is 77.2 Å². The number of para-hydroxylation sites is 1. The Morgan fingerprint density at radius 2 is 1.19 bits per heavy atom. The first-order valence-electron chi connectivity index (χ1n) is 31.4. The molecule has 3 aromatic heterocycles.